The van der Waals surface area contributed by atoms with E-state index in [4.69, 9.17) is 9.47 Å². The molecular formula is C32H39BrO4. The number of halogens is 1. The number of aromatic carboxylic acids is 1. The summed E-state index contributed by atoms with van der Waals surface area (Å²) in [4.78, 5) is 11.9. The van der Waals surface area contributed by atoms with Crippen molar-refractivity contribution in [2.75, 3.05) is 13.2 Å². The van der Waals surface area contributed by atoms with Crippen LogP contribution in [-0.4, -0.2) is 24.3 Å². The van der Waals surface area contributed by atoms with E-state index in [9.17, 15) is 9.90 Å². The average Bonchev–Trinajstić information content (AvgIpc) is 2.91. The standard InChI is InChI=1S/C32H39BrO4/c1-4-6-7-8-9-10-19-36-27-16-17-28(32(34)35)29(21-27)25-13-11-24(12-14-25)26-15-18-31(30(33)20-26)37-22-23(3)5-2/h11-18,20-21,23H,4-10,19,22H2,1-3H3,(H,34,35). The summed E-state index contributed by atoms with van der Waals surface area (Å²) in [7, 11) is 0. The molecule has 0 saturated heterocycles. The zero-order chi connectivity index (χ0) is 26.6. The first-order chi connectivity index (χ1) is 17.9. The summed E-state index contributed by atoms with van der Waals surface area (Å²) < 4.78 is 12.8. The van der Waals surface area contributed by atoms with Gasteiger partial charge in [0, 0.05) is 0 Å². The monoisotopic (exact) mass is 566 g/mol. The van der Waals surface area contributed by atoms with Gasteiger partial charge in [-0.2, -0.15) is 0 Å². The maximum absolute atomic E-state index is 11.9. The Kier molecular flexibility index (Phi) is 11.5. The van der Waals surface area contributed by atoms with Gasteiger partial charge in [0.2, 0.25) is 0 Å². The average molecular weight is 568 g/mol. The maximum atomic E-state index is 11.9. The third-order valence-corrected chi connectivity index (χ3v) is 7.29. The molecule has 0 aliphatic heterocycles. The molecule has 0 amide bonds. The molecule has 37 heavy (non-hydrogen) atoms. The van der Waals surface area contributed by atoms with Gasteiger partial charge in [0.1, 0.15) is 11.5 Å². The van der Waals surface area contributed by atoms with Crippen LogP contribution in [0.4, 0.5) is 0 Å². The van der Waals surface area contributed by atoms with Crippen LogP contribution in [0.1, 0.15) is 76.1 Å². The molecule has 3 aromatic rings. The van der Waals surface area contributed by atoms with Crippen molar-refractivity contribution in [3.05, 3.63) is 70.7 Å². The molecule has 3 rings (SSSR count). The number of hydrogen-bond donors (Lipinski definition) is 1. The Bertz CT molecular complexity index is 1140. The fourth-order valence-corrected chi connectivity index (χ4v) is 4.59. The quantitative estimate of drug-likeness (QED) is 0.186. The predicted octanol–water partition coefficient (Wildman–Crippen LogP) is 9.65. The molecule has 1 atom stereocenters. The molecule has 198 valence electrons. The van der Waals surface area contributed by atoms with Crippen LogP contribution in [0.3, 0.4) is 0 Å². The highest BCUT2D eigenvalue weighted by Gasteiger charge is 2.14. The third kappa shape index (κ3) is 8.63. The summed E-state index contributed by atoms with van der Waals surface area (Å²) >= 11 is 3.64. The number of hydrogen-bond acceptors (Lipinski definition) is 3. The van der Waals surface area contributed by atoms with Crippen molar-refractivity contribution in [2.45, 2.75) is 65.7 Å². The van der Waals surface area contributed by atoms with Crippen molar-refractivity contribution < 1.29 is 19.4 Å². The lowest BCUT2D eigenvalue weighted by Gasteiger charge is -2.14. The number of benzene rings is 3. The van der Waals surface area contributed by atoms with Crippen LogP contribution in [0.15, 0.2) is 65.1 Å². The van der Waals surface area contributed by atoms with Gasteiger partial charge in [-0.05, 0) is 80.9 Å². The van der Waals surface area contributed by atoms with Crippen molar-refractivity contribution in [3.63, 3.8) is 0 Å². The highest BCUT2D eigenvalue weighted by molar-refractivity contribution is 9.10. The summed E-state index contributed by atoms with van der Waals surface area (Å²) in [6, 6.07) is 19.3. The van der Waals surface area contributed by atoms with Crippen molar-refractivity contribution in [2.24, 2.45) is 5.92 Å². The topological polar surface area (TPSA) is 55.8 Å². The lowest BCUT2D eigenvalue weighted by Crippen LogP contribution is -2.07. The zero-order valence-corrected chi connectivity index (χ0v) is 23.9. The predicted molar refractivity (Wildman–Crippen MR) is 156 cm³/mol. The summed E-state index contributed by atoms with van der Waals surface area (Å²) in [6.07, 6.45) is 8.28. The van der Waals surface area contributed by atoms with Crippen LogP contribution in [0, 0.1) is 5.92 Å². The van der Waals surface area contributed by atoms with Crippen LogP contribution in [0.2, 0.25) is 0 Å². The van der Waals surface area contributed by atoms with Gasteiger partial charge in [-0.15, -0.1) is 0 Å². The van der Waals surface area contributed by atoms with Gasteiger partial charge in [-0.3, -0.25) is 0 Å². The van der Waals surface area contributed by atoms with Gasteiger partial charge in [0.15, 0.2) is 0 Å². The Morgan fingerprint density at radius 3 is 2.19 bits per heavy atom. The van der Waals surface area contributed by atoms with Crippen LogP contribution < -0.4 is 9.47 Å². The van der Waals surface area contributed by atoms with Crippen molar-refractivity contribution in [3.8, 4) is 33.8 Å². The number of unbranched alkanes of at least 4 members (excludes halogenated alkanes) is 5. The number of carbonyl (C=O) groups is 1. The molecule has 0 aliphatic rings. The molecule has 0 heterocycles. The van der Waals surface area contributed by atoms with E-state index < -0.39 is 5.97 Å². The highest BCUT2D eigenvalue weighted by atomic mass is 79.9. The molecule has 0 fully saturated rings. The van der Waals surface area contributed by atoms with Crippen LogP contribution in [-0.2, 0) is 0 Å². The number of carboxylic acid groups (broad SMARTS) is 1. The van der Waals surface area contributed by atoms with Gasteiger partial charge in [0.25, 0.3) is 0 Å². The zero-order valence-electron chi connectivity index (χ0n) is 22.3. The molecule has 0 aliphatic carbocycles. The Balaban J connectivity index is 1.71. The summed E-state index contributed by atoms with van der Waals surface area (Å²) in [6.45, 7) is 7.89. The molecule has 1 unspecified atom stereocenters. The minimum Gasteiger partial charge on any atom is -0.494 e. The second-order valence-corrected chi connectivity index (χ2v) is 10.5. The molecule has 0 bridgehead atoms. The van der Waals surface area contributed by atoms with Gasteiger partial charge in [-0.1, -0.05) is 89.6 Å². The molecular weight excluding hydrogens is 528 g/mol. The van der Waals surface area contributed by atoms with Crippen molar-refractivity contribution >= 4 is 21.9 Å². The second kappa shape index (κ2) is 14.8. The lowest BCUT2D eigenvalue weighted by atomic mass is 9.96. The number of ether oxygens (including phenoxy) is 2. The first-order valence-corrected chi connectivity index (χ1v) is 14.3. The molecule has 1 N–H and O–H groups in total. The van der Waals surface area contributed by atoms with E-state index in [0.717, 1.165) is 46.2 Å². The minimum absolute atomic E-state index is 0.269. The van der Waals surface area contributed by atoms with E-state index >= 15 is 0 Å². The Hall–Kier alpha value is -2.79. The molecule has 5 heteroatoms. The van der Waals surface area contributed by atoms with Gasteiger partial charge in [-0.25, -0.2) is 4.79 Å². The van der Waals surface area contributed by atoms with E-state index in [1.807, 2.05) is 42.5 Å². The number of rotatable bonds is 15. The lowest BCUT2D eigenvalue weighted by molar-refractivity contribution is 0.0697. The van der Waals surface area contributed by atoms with Gasteiger partial charge in [0.05, 0.1) is 23.2 Å². The molecule has 3 aromatic carbocycles. The second-order valence-electron chi connectivity index (χ2n) is 9.68. The minimum atomic E-state index is -0.946. The van der Waals surface area contributed by atoms with Crippen LogP contribution in [0.5, 0.6) is 11.5 Å². The first-order valence-electron chi connectivity index (χ1n) is 13.5. The molecule has 0 aromatic heterocycles. The van der Waals surface area contributed by atoms with Gasteiger partial charge < -0.3 is 14.6 Å². The Morgan fingerprint density at radius 1 is 0.838 bits per heavy atom. The van der Waals surface area contributed by atoms with E-state index in [2.05, 4.69) is 42.8 Å². The highest BCUT2D eigenvalue weighted by Crippen LogP contribution is 2.34. The number of carboxylic acids is 1. The molecule has 0 spiro atoms. The first kappa shape index (κ1) is 28.8. The smallest absolute Gasteiger partial charge is 0.336 e. The van der Waals surface area contributed by atoms with E-state index in [0.29, 0.717) is 30.4 Å². The summed E-state index contributed by atoms with van der Waals surface area (Å²) in [5.41, 5.74) is 3.88. The van der Waals surface area contributed by atoms with E-state index in [-0.39, 0.29) is 5.56 Å². The fraction of sp³-hybridized carbons (Fsp3) is 0.406. The van der Waals surface area contributed by atoms with Crippen LogP contribution >= 0.6 is 15.9 Å². The third-order valence-electron chi connectivity index (χ3n) is 6.67. The maximum Gasteiger partial charge on any atom is 0.336 e. The van der Waals surface area contributed by atoms with Crippen LogP contribution in [0.25, 0.3) is 22.3 Å². The summed E-state index contributed by atoms with van der Waals surface area (Å²) in [5, 5.41) is 9.76. The van der Waals surface area contributed by atoms with E-state index in [1.165, 1.54) is 25.7 Å². The summed E-state index contributed by atoms with van der Waals surface area (Å²) in [5.74, 6) is 1.10. The molecule has 0 saturated carbocycles. The van der Waals surface area contributed by atoms with E-state index in [1.54, 1.807) is 12.1 Å². The van der Waals surface area contributed by atoms with Crippen molar-refractivity contribution in [1.82, 2.24) is 0 Å². The largest absolute Gasteiger partial charge is 0.494 e. The molecule has 0 radical (unpaired) electrons. The Morgan fingerprint density at radius 2 is 1.51 bits per heavy atom. The fourth-order valence-electron chi connectivity index (χ4n) is 4.10. The SMILES string of the molecule is CCCCCCCCOc1ccc(C(=O)O)c(-c2ccc(-c3ccc(OCC(C)CC)c(Br)c3)cc2)c1. The van der Waals surface area contributed by atoms with Gasteiger partial charge >= 0.3 is 5.97 Å². The van der Waals surface area contributed by atoms with Crippen molar-refractivity contribution in [1.29, 1.82) is 0 Å². The molecule has 4 nitrogen and oxygen atoms in total. The normalized spacial score (nSPS) is 11.8. The Labute approximate surface area is 230 Å².